The smallest absolute Gasteiger partial charge is 0 e. The van der Waals surface area contributed by atoms with Crippen LogP contribution in [0.3, 0.4) is 0 Å². The minimum absolute atomic E-state index is 0. The Morgan fingerprint density at radius 1 is 0.609 bits per heavy atom. The molecule has 0 amide bonds. The zero-order valence-corrected chi connectivity index (χ0v) is 19.7. The van der Waals surface area contributed by atoms with E-state index < -0.39 is 0 Å². The minimum Gasteiger partial charge on any atom is -1.00 e. The van der Waals surface area contributed by atoms with Crippen molar-refractivity contribution in [1.82, 2.24) is 0 Å². The summed E-state index contributed by atoms with van der Waals surface area (Å²) >= 11 is 0. The van der Waals surface area contributed by atoms with Gasteiger partial charge in [-0.3, -0.25) is 0 Å². The second kappa shape index (κ2) is 57.2. The standard InChI is InChI=1S/C8H20N.C3H9P.4CO.ClH.W/c1-5-9(6-2,7-3)8-4;1-4(2)3;4*1-2;;/h5-8H2,1-4H3;1-3H3;;;;;1H;/q+1;;;;;;;/p-1. The van der Waals surface area contributed by atoms with Crippen LogP contribution in [-0.4, -0.2) is 50.7 Å². The molecule has 0 N–H and O–H groups in total. The van der Waals surface area contributed by atoms with Gasteiger partial charge >= 0.3 is 45.2 Å². The molecule has 0 aliphatic heterocycles. The van der Waals surface area contributed by atoms with Gasteiger partial charge in [-0.15, -0.1) is 7.92 Å². The summed E-state index contributed by atoms with van der Waals surface area (Å²) in [6.07, 6.45) is 0. The predicted molar refractivity (Wildman–Crippen MR) is 82.8 cm³/mol. The maximum Gasteiger partial charge on any atom is 0 e. The van der Waals surface area contributed by atoms with Gasteiger partial charge in [-0.05, 0) is 47.7 Å². The van der Waals surface area contributed by atoms with Crippen LogP contribution in [0.25, 0.3) is 0 Å². The summed E-state index contributed by atoms with van der Waals surface area (Å²) in [5.74, 6) is 0. The van der Waals surface area contributed by atoms with Crippen LogP contribution in [0, 0.1) is 26.6 Å². The number of halogens is 1. The van der Waals surface area contributed by atoms with Crippen LogP contribution in [0.2, 0.25) is 0 Å². The number of nitrogens with zero attached hydrogens (tertiary/aromatic N) is 1. The molecular weight excluding hydrogens is 508 g/mol. The molecule has 0 aromatic rings. The number of rotatable bonds is 4. The zero-order valence-electron chi connectivity index (χ0n) is 15.1. The molecule has 0 spiro atoms. The van der Waals surface area contributed by atoms with Crippen molar-refractivity contribution in [2.24, 2.45) is 0 Å². The molecular formula is C15H29ClNO4PW. The van der Waals surface area contributed by atoms with Gasteiger partial charge in [0.2, 0.25) is 0 Å². The quantitative estimate of drug-likeness (QED) is 0.211. The van der Waals surface area contributed by atoms with E-state index in [4.69, 9.17) is 18.6 Å². The van der Waals surface area contributed by atoms with E-state index in [0.29, 0.717) is 7.92 Å². The van der Waals surface area contributed by atoms with Crippen molar-refractivity contribution in [3.05, 3.63) is 26.6 Å². The van der Waals surface area contributed by atoms with Crippen LogP contribution < -0.4 is 12.4 Å². The number of hydrogen-bond acceptors (Lipinski definition) is 0. The summed E-state index contributed by atoms with van der Waals surface area (Å²) in [5, 5.41) is 0. The van der Waals surface area contributed by atoms with E-state index in [1.807, 2.05) is 0 Å². The Morgan fingerprint density at radius 3 is 0.696 bits per heavy atom. The van der Waals surface area contributed by atoms with Crippen LogP contribution in [0.15, 0.2) is 0 Å². The molecule has 0 rings (SSSR count). The van der Waals surface area contributed by atoms with Gasteiger partial charge in [0.05, 0.1) is 26.2 Å². The van der Waals surface area contributed by atoms with Crippen molar-refractivity contribution in [2.75, 3.05) is 46.2 Å². The molecule has 136 valence electrons. The Bertz CT molecular complexity index is 198. The molecule has 0 saturated carbocycles. The third-order valence-corrected chi connectivity index (χ3v) is 2.68. The molecule has 0 saturated heterocycles. The second-order valence-electron chi connectivity index (χ2n) is 3.95. The van der Waals surface area contributed by atoms with Crippen molar-refractivity contribution in [3.63, 3.8) is 0 Å². The molecule has 0 atom stereocenters. The SMILES string of the molecule is CC[N+](CC)(CC)CC.CP(C)C.[C-]#[O+].[C-]#[O+].[C-]#[O+].[C-]#[O+].[Cl-].[W]. The molecule has 0 aliphatic carbocycles. The average Bonchev–Trinajstić information content (AvgIpc) is 2.57. The van der Waals surface area contributed by atoms with Crippen molar-refractivity contribution < 1.29 is 56.6 Å². The van der Waals surface area contributed by atoms with Crippen LogP contribution in [0.4, 0.5) is 0 Å². The topological polar surface area (TPSA) is 79.6 Å². The van der Waals surface area contributed by atoms with E-state index >= 15 is 0 Å². The molecule has 8 heteroatoms. The molecule has 0 unspecified atom stereocenters. The molecule has 5 nitrogen and oxygen atoms in total. The van der Waals surface area contributed by atoms with Gasteiger partial charge in [0, 0.05) is 21.1 Å². The van der Waals surface area contributed by atoms with Crippen LogP contribution in [0.1, 0.15) is 27.7 Å². The van der Waals surface area contributed by atoms with Crippen molar-refractivity contribution in [2.45, 2.75) is 27.7 Å². The van der Waals surface area contributed by atoms with Gasteiger partial charge in [0.15, 0.2) is 0 Å². The normalized spacial score (nSPS) is 6.61. The molecule has 0 heterocycles. The summed E-state index contributed by atoms with van der Waals surface area (Å²) in [5.41, 5.74) is 0. The first kappa shape index (κ1) is 49.5. The monoisotopic (exact) mass is 537 g/mol. The Kier molecular flexibility index (Phi) is 123. The van der Waals surface area contributed by atoms with E-state index in [2.05, 4.69) is 74.3 Å². The van der Waals surface area contributed by atoms with Crippen LogP contribution in [-0.2, 0) is 39.7 Å². The molecule has 0 radical (unpaired) electrons. The van der Waals surface area contributed by atoms with E-state index in [-0.39, 0.29) is 33.5 Å². The van der Waals surface area contributed by atoms with E-state index in [1.165, 1.54) is 30.7 Å². The first-order valence-electron chi connectivity index (χ1n) is 6.25. The fourth-order valence-electron chi connectivity index (χ4n) is 1.34. The van der Waals surface area contributed by atoms with Gasteiger partial charge in [-0.25, -0.2) is 0 Å². The Morgan fingerprint density at radius 2 is 0.696 bits per heavy atom. The Balaban J connectivity index is -0.0000000230. The Hall–Kier alpha value is 0.328. The summed E-state index contributed by atoms with van der Waals surface area (Å²) < 4.78 is 31.3. The van der Waals surface area contributed by atoms with E-state index in [1.54, 1.807) is 0 Å². The number of hydrogen-bond donors (Lipinski definition) is 0. The van der Waals surface area contributed by atoms with Gasteiger partial charge in [-0.2, -0.15) is 0 Å². The molecule has 23 heavy (non-hydrogen) atoms. The van der Waals surface area contributed by atoms with Gasteiger partial charge in [0.1, 0.15) is 0 Å². The van der Waals surface area contributed by atoms with E-state index in [9.17, 15) is 0 Å². The predicted octanol–water partition coefficient (Wildman–Crippen LogP) is 0.0920. The van der Waals surface area contributed by atoms with Gasteiger partial charge in [0.25, 0.3) is 0 Å². The maximum atomic E-state index is 7.50. The van der Waals surface area contributed by atoms with E-state index in [0.717, 1.165) is 0 Å². The largest absolute Gasteiger partial charge is 1.00 e. The first-order chi connectivity index (χ1) is 9.97. The molecule has 0 aliphatic rings. The Labute approximate surface area is 164 Å². The number of quaternary nitrogens is 1. The maximum absolute atomic E-state index is 7.50. The van der Waals surface area contributed by atoms with Gasteiger partial charge < -0.3 is 16.9 Å². The second-order valence-corrected chi connectivity index (χ2v) is 6.63. The first-order valence-corrected chi connectivity index (χ1v) is 8.93. The fourth-order valence-corrected chi connectivity index (χ4v) is 1.34. The average molecular weight is 538 g/mol. The molecule has 0 bridgehead atoms. The summed E-state index contributed by atoms with van der Waals surface area (Å²) in [4.78, 5) is 0. The minimum atomic E-state index is 0. The molecule has 0 aromatic heterocycles. The summed E-state index contributed by atoms with van der Waals surface area (Å²) in [6, 6.07) is 0. The van der Waals surface area contributed by atoms with Crippen molar-refractivity contribution in [3.8, 4) is 0 Å². The fraction of sp³-hybridized carbons (Fsp3) is 0.733. The van der Waals surface area contributed by atoms with Gasteiger partial charge in [-0.1, -0.05) is 0 Å². The third kappa shape index (κ3) is 60.7. The molecule has 0 aromatic carbocycles. The van der Waals surface area contributed by atoms with Crippen LogP contribution in [0.5, 0.6) is 0 Å². The van der Waals surface area contributed by atoms with Crippen molar-refractivity contribution in [1.29, 1.82) is 0 Å². The van der Waals surface area contributed by atoms with Crippen molar-refractivity contribution >= 4 is 7.92 Å². The zero-order chi connectivity index (χ0) is 18.9. The molecule has 0 fully saturated rings. The van der Waals surface area contributed by atoms with Crippen LogP contribution >= 0.6 is 7.92 Å². The summed E-state index contributed by atoms with van der Waals surface area (Å²) in [7, 11) is 0.380. The summed E-state index contributed by atoms with van der Waals surface area (Å²) in [6.45, 7) is 38.9. The third-order valence-electron chi connectivity index (χ3n) is 2.68.